The average molecular weight is 188 g/mol. The van der Waals surface area contributed by atoms with Gasteiger partial charge in [-0.05, 0) is 32.3 Å². The highest BCUT2D eigenvalue weighted by molar-refractivity contribution is 5.34. The molecule has 2 rings (SSSR count). The molecule has 0 atom stereocenters. The second-order valence-corrected chi connectivity index (χ2v) is 3.57. The number of aryl methyl sites for hydroxylation is 1. The van der Waals surface area contributed by atoms with Crippen molar-refractivity contribution in [1.82, 2.24) is 4.98 Å². The number of nitrogens with zero attached hydrogens (tertiary/aromatic N) is 2. The lowest BCUT2D eigenvalue weighted by atomic mass is 9.96. The Kier molecular flexibility index (Phi) is 2.36. The van der Waals surface area contributed by atoms with Gasteiger partial charge in [0.15, 0.2) is 0 Å². The van der Waals surface area contributed by atoms with Gasteiger partial charge in [-0.3, -0.25) is 0 Å². The third kappa shape index (κ3) is 1.69. The van der Waals surface area contributed by atoms with Crippen LogP contribution in [0, 0.1) is 18.3 Å². The zero-order valence-electron chi connectivity index (χ0n) is 8.16. The van der Waals surface area contributed by atoms with Crippen LogP contribution in [0.1, 0.15) is 30.5 Å². The summed E-state index contributed by atoms with van der Waals surface area (Å²) in [4.78, 5) is 4.22. The summed E-state index contributed by atoms with van der Waals surface area (Å²) in [5, 5.41) is 8.72. The molecule has 0 unspecified atom stereocenters. The summed E-state index contributed by atoms with van der Waals surface area (Å²) < 4.78 is 5.61. The number of ether oxygens (including phenoxy) is 1. The first-order valence-corrected chi connectivity index (χ1v) is 4.84. The highest BCUT2D eigenvalue weighted by Crippen LogP contribution is 2.24. The lowest BCUT2D eigenvalue weighted by Crippen LogP contribution is -2.25. The van der Waals surface area contributed by atoms with Crippen LogP contribution in [0.25, 0.3) is 0 Å². The van der Waals surface area contributed by atoms with Gasteiger partial charge in [0.1, 0.15) is 12.2 Å². The third-order valence-electron chi connectivity index (χ3n) is 2.52. The predicted molar refractivity (Wildman–Crippen MR) is 52.0 cm³/mol. The first-order valence-electron chi connectivity index (χ1n) is 4.84. The van der Waals surface area contributed by atoms with Crippen molar-refractivity contribution in [1.29, 1.82) is 5.26 Å². The molecule has 0 N–H and O–H groups in total. The normalized spacial score (nSPS) is 15.7. The molecule has 0 bridgehead atoms. The Morgan fingerprint density at radius 3 is 2.79 bits per heavy atom. The Morgan fingerprint density at radius 2 is 2.29 bits per heavy atom. The lowest BCUT2D eigenvalue weighted by Gasteiger charge is -2.25. The SMILES string of the molecule is Cc1nc(OC2CCC2)ccc1C#N. The standard InChI is InChI=1S/C11H12N2O/c1-8-9(7-12)5-6-11(13-8)14-10-3-2-4-10/h5-6,10H,2-4H2,1H3. The van der Waals surface area contributed by atoms with Crippen LogP contribution in [-0.2, 0) is 0 Å². The monoisotopic (exact) mass is 188 g/mol. The Morgan fingerprint density at radius 1 is 1.50 bits per heavy atom. The maximum Gasteiger partial charge on any atom is 0.213 e. The molecule has 14 heavy (non-hydrogen) atoms. The smallest absolute Gasteiger partial charge is 0.213 e. The highest BCUT2D eigenvalue weighted by Gasteiger charge is 2.19. The second-order valence-electron chi connectivity index (χ2n) is 3.57. The van der Waals surface area contributed by atoms with Crippen LogP contribution in [0.4, 0.5) is 0 Å². The maximum atomic E-state index is 8.72. The Hall–Kier alpha value is -1.56. The number of rotatable bonds is 2. The fraction of sp³-hybridized carbons (Fsp3) is 0.455. The van der Waals surface area contributed by atoms with Crippen molar-refractivity contribution in [2.45, 2.75) is 32.3 Å². The molecule has 1 aromatic rings. The van der Waals surface area contributed by atoms with E-state index in [9.17, 15) is 0 Å². The van der Waals surface area contributed by atoms with E-state index in [0.29, 0.717) is 17.5 Å². The zero-order chi connectivity index (χ0) is 9.97. The zero-order valence-corrected chi connectivity index (χ0v) is 8.16. The number of hydrogen-bond acceptors (Lipinski definition) is 3. The molecule has 0 aromatic carbocycles. The Labute approximate surface area is 83.3 Å². The molecule has 0 aliphatic heterocycles. The first kappa shape index (κ1) is 9.01. The van der Waals surface area contributed by atoms with E-state index < -0.39 is 0 Å². The van der Waals surface area contributed by atoms with Crippen LogP contribution in [0.15, 0.2) is 12.1 Å². The van der Waals surface area contributed by atoms with E-state index in [1.165, 1.54) is 6.42 Å². The fourth-order valence-corrected chi connectivity index (χ4v) is 1.38. The predicted octanol–water partition coefficient (Wildman–Crippen LogP) is 2.19. The number of hydrogen-bond donors (Lipinski definition) is 0. The summed E-state index contributed by atoms with van der Waals surface area (Å²) in [5.74, 6) is 0.645. The molecule has 0 saturated heterocycles. The van der Waals surface area contributed by atoms with Crippen LogP contribution in [0.2, 0.25) is 0 Å². The third-order valence-corrected chi connectivity index (χ3v) is 2.52. The van der Waals surface area contributed by atoms with Crippen LogP contribution >= 0.6 is 0 Å². The largest absolute Gasteiger partial charge is 0.474 e. The summed E-state index contributed by atoms with van der Waals surface area (Å²) in [5.41, 5.74) is 1.36. The second kappa shape index (κ2) is 3.67. The van der Waals surface area contributed by atoms with Crippen LogP contribution < -0.4 is 4.74 Å². The van der Waals surface area contributed by atoms with Crippen molar-refractivity contribution in [3.05, 3.63) is 23.4 Å². The van der Waals surface area contributed by atoms with Crippen molar-refractivity contribution in [3.8, 4) is 11.9 Å². The Bertz CT molecular complexity index is 377. The van der Waals surface area contributed by atoms with E-state index in [1.807, 2.05) is 6.92 Å². The van der Waals surface area contributed by atoms with Gasteiger partial charge in [-0.1, -0.05) is 0 Å². The molecule has 1 saturated carbocycles. The van der Waals surface area contributed by atoms with E-state index >= 15 is 0 Å². The first-order chi connectivity index (χ1) is 6.79. The molecule has 1 heterocycles. The van der Waals surface area contributed by atoms with Gasteiger partial charge in [0.25, 0.3) is 0 Å². The minimum atomic E-state index is 0.342. The van der Waals surface area contributed by atoms with Gasteiger partial charge < -0.3 is 4.74 Å². The molecule has 0 radical (unpaired) electrons. The lowest BCUT2D eigenvalue weighted by molar-refractivity contribution is 0.114. The van der Waals surface area contributed by atoms with Crippen LogP contribution in [0.3, 0.4) is 0 Å². The molecular formula is C11H12N2O. The van der Waals surface area contributed by atoms with Crippen LogP contribution in [-0.4, -0.2) is 11.1 Å². The van der Waals surface area contributed by atoms with Crippen molar-refractivity contribution in [3.63, 3.8) is 0 Å². The molecule has 1 aromatic heterocycles. The summed E-state index contributed by atoms with van der Waals surface area (Å²) in [6, 6.07) is 5.61. The molecule has 1 aliphatic carbocycles. The fourth-order valence-electron chi connectivity index (χ4n) is 1.38. The van der Waals surface area contributed by atoms with Gasteiger partial charge in [-0.15, -0.1) is 0 Å². The minimum absolute atomic E-state index is 0.342. The summed E-state index contributed by atoms with van der Waals surface area (Å²) in [7, 11) is 0. The molecule has 72 valence electrons. The molecule has 0 spiro atoms. The number of pyridine rings is 1. The molecule has 0 amide bonds. The topological polar surface area (TPSA) is 45.9 Å². The van der Waals surface area contributed by atoms with Crippen molar-refractivity contribution >= 4 is 0 Å². The van der Waals surface area contributed by atoms with Gasteiger partial charge in [-0.2, -0.15) is 5.26 Å². The van der Waals surface area contributed by atoms with E-state index in [1.54, 1.807) is 12.1 Å². The van der Waals surface area contributed by atoms with Gasteiger partial charge in [0.2, 0.25) is 5.88 Å². The number of nitriles is 1. The van der Waals surface area contributed by atoms with E-state index in [2.05, 4.69) is 11.1 Å². The van der Waals surface area contributed by atoms with Crippen molar-refractivity contribution in [2.24, 2.45) is 0 Å². The summed E-state index contributed by atoms with van der Waals surface area (Å²) >= 11 is 0. The summed E-state index contributed by atoms with van der Waals surface area (Å²) in [6.07, 6.45) is 3.84. The van der Waals surface area contributed by atoms with E-state index in [4.69, 9.17) is 10.00 Å². The molecule has 3 heteroatoms. The Balaban J connectivity index is 2.12. The average Bonchev–Trinajstić information content (AvgIpc) is 2.12. The van der Waals surface area contributed by atoms with Crippen LogP contribution in [0.5, 0.6) is 5.88 Å². The van der Waals surface area contributed by atoms with Gasteiger partial charge in [0, 0.05) is 6.07 Å². The quantitative estimate of drug-likeness (QED) is 0.714. The molecule has 3 nitrogen and oxygen atoms in total. The van der Waals surface area contributed by atoms with Gasteiger partial charge >= 0.3 is 0 Å². The van der Waals surface area contributed by atoms with Gasteiger partial charge in [-0.25, -0.2) is 4.98 Å². The number of aromatic nitrogens is 1. The summed E-state index contributed by atoms with van der Waals surface area (Å²) in [6.45, 7) is 1.83. The minimum Gasteiger partial charge on any atom is -0.474 e. The molecular weight excluding hydrogens is 176 g/mol. The highest BCUT2D eigenvalue weighted by atomic mass is 16.5. The van der Waals surface area contributed by atoms with Crippen molar-refractivity contribution < 1.29 is 4.74 Å². The van der Waals surface area contributed by atoms with E-state index in [-0.39, 0.29) is 0 Å². The molecule has 1 fully saturated rings. The van der Waals surface area contributed by atoms with Crippen molar-refractivity contribution in [2.75, 3.05) is 0 Å². The molecule has 1 aliphatic rings. The van der Waals surface area contributed by atoms with Gasteiger partial charge in [0.05, 0.1) is 11.3 Å². The van der Waals surface area contributed by atoms with E-state index in [0.717, 1.165) is 18.5 Å². The maximum absolute atomic E-state index is 8.72.